The molecule has 0 fully saturated rings. The zero-order valence-corrected chi connectivity index (χ0v) is 22.4. The average molecular weight is 581 g/mol. The second-order valence-electron chi connectivity index (χ2n) is 8.36. The number of carbonyl (C=O) groups is 4. The Kier molecular flexibility index (Phi) is 12.3. The number of amides is 3. The third-order valence-corrected chi connectivity index (χ3v) is 5.91. The first-order valence-electron chi connectivity index (χ1n) is 11.8. The van der Waals surface area contributed by atoms with Gasteiger partial charge in [-0.3, -0.25) is 24.2 Å². The molecule has 2 rings (SSSR count). The number of carboxylic acid groups (broad SMARTS) is 1. The van der Waals surface area contributed by atoms with E-state index in [2.05, 4.69) is 15.6 Å². The van der Waals surface area contributed by atoms with Crippen molar-refractivity contribution in [3.05, 3.63) is 57.6 Å². The van der Waals surface area contributed by atoms with E-state index in [1.165, 1.54) is 18.2 Å². The molecule has 0 saturated heterocycles. The van der Waals surface area contributed by atoms with Crippen LogP contribution in [-0.2, 0) is 20.8 Å². The number of aliphatic carboxylic acids is 1. The normalized spacial score (nSPS) is 11.2. The van der Waals surface area contributed by atoms with Crippen molar-refractivity contribution in [2.75, 3.05) is 18.5 Å². The van der Waals surface area contributed by atoms with E-state index >= 15 is 0 Å². The number of primary amides is 1. The smallest absolute Gasteiger partial charge is 0.303 e. The van der Waals surface area contributed by atoms with Crippen molar-refractivity contribution in [1.82, 2.24) is 5.32 Å². The average Bonchev–Trinajstić information content (AvgIpc) is 2.86. The molecular weight excluding hydrogens is 551 g/mol. The van der Waals surface area contributed by atoms with Crippen molar-refractivity contribution < 1.29 is 29.0 Å². The lowest BCUT2D eigenvalue weighted by Gasteiger charge is -2.17. The zero-order valence-electron chi connectivity index (χ0n) is 20.9. The zero-order chi connectivity index (χ0) is 28.9. The summed E-state index contributed by atoms with van der Waals surface area (Å²) in [5.74, 6) is -2.93. The Hall–Kier alpha value is -4.03. The van der Waals surface area contributed by atoms with E-state index in [1.807, 2.05) is 0 Å². The molecule has 2 aromatic rings. The van der Waals surface area contributed by atoms with Crippen LogP contribution in [0, 0.1) is 0 Å². The lowest BCUT2D eigenvalue weighted by molar-refractivity contribution is -0.138. The number of halogens is 2. The number of guanidine groups is 1. The maximum Gasteiger partial charge on any atom is 0.303 e. The molecule has 0 bridgehead atoms. The minimum atomic E-state index is -1.12. The van der Waals surface area contributed by atoms with E-state index in [0.717, 1.165) is 5.56 Å². The molecular formula is C25H30Cl2N6O6. The SMILES string of the molecule is NC(=O)C(CCCN=C(N)N)NC(=O)c1ccc(NC(=O)CCC(=O)O)c(OCCc2ccc(Cl)cc2Cl)c1. The highest BCUT2D eigenvalue weighted by molar-refractivity contribution is 6.35. The van der Waals surface area contributed by atoms with Gasteiger partial charge in [-0.15, -0.1) is 0 Å². The van der Waals surface area contributed by atoms with Crippen LogP contribution < -0.4 is 32.6 Å². The van der Waals surface area contributed by atoms with Gasteiger partial charge in [0.15, 0.2) is 5.96 Å². The minimum Gasteiger partial charge on any atom is -0.491 e. The van der Waals surface area contributed by atoms with Crippen molar-refractivity contribution in [3.63, 3.8) is 0 Å². The number of nitrogens with two attached hydrogens (primary N) is 3. The Labute approximate surface area is 234 Å². The van der Waals surface area contributed by atoms with Crippen molar-refractivity contribution in [1.29, 1.82) is 0 Å². The van der Waals surface area contributed by atoms with Gasteiger partial charge >= 0.3 is 5.97 Å². The van der Waals surface area contributed by atoms with Crippen LogP contribution in [0.3, 0.4) is 0 Å². The lowest BCUT2D eigenvalue weighted by Crippen LogP contribution is -2.44. The number of nitrogens with zero attached hydrogens (tertiary/aromatic N) is 1. The summed E-state index contributed by atoms with van der Waals surface area (Å²) in [4.78, 5) is 51.6. The molecule has 14 heteroatoms. The van der Waals surface area contributed by atoms with Crippen LogP contribution in [0.2, 0.25) is 10.0 Å². The molecule has 0 aromatic heterocycles. The lowest BCUT2D eigenvalue weighted by atomic mass is 10.1. The van der Waals surface area contributed by atoms with Gasteiger partial charge in [-0.2, -0.15) is 0 Å². The summed E-state index contributed by atoms with van der Waals surface area (Å²) >= 11 is 12.2. The largest absolute Gasteiger partial charge is 0.491 e. The van der Waals surface area contributed by atoms with Crippen LogP contribution in [0.15, 0.2) is 41.4 Å². The molecule has 2 aromatic carbocycles. The van der Waals surface area contributed by atoms with Gasteiger partial charge in [0.25, 0.3) is 5.91 Å². The molecule has 1 unspecified atom stereocenters. The topological polar surface area (TPSA) is 212 Å². The molecule has 0 spiro atoms. The van der Waals surface area contributed by atoms with Gasteiger partial charge in [-0.25, -0.2) is 0 Å². The number of anilines is 1. The first-order valence-corrected chi connectivity index (χ1v) is 12.6. The van der Waals surface area contributed by atoms with Crippen molar-refractivity contribution in [2.24, 2.45) is 22.2 Å². The van der Waals surface area contributed by atoms with Gasteiger partial charge in [-0.05, 0) is 48.7 Å². The third-order valence-electron chi connectivity index (χ3n) is 5.32. The maximum atomic E-state index is 12.9. The number of hydrogen-bond donors (Lipinski definition) is 6. The van der Waals surface area contributed by atoms with E-state index in [1.54, 1.807) is 18.2 Å². The standard InChI is InChI=1S/C25H30Cl2N6O6/c26-16-5-3-14(17(27)13-16)9-11-39-20-12-15(4-6-18(20)32-21(34)7-8-22(35)36)24(38)33-19(23(28)37)2-1-10-31-25(29)30/h3-6,12-13,19H,1-2,7-11H2,(H2,28,37)(H,32,34)(H,33,38)(H,35,36)(H4,29,30,31). The van der Waals surface area contributed by atoms with E-state index in [4.69, 9.17) is 50.2 Å². The van der Waals surface area contributed by atoms with Crippen LogP contribution in [0.1, 0.15) is 41.6 Å². The van der Waals surface area contributed by atoms with Crippen LogP contribution >= 0.6 is 23.2 Å². The number of ether oxygens (including phenoxy) is 1. The van der Waals surface area contributed by atoms with Crippen LogP contribution in [-0.4, -0.2) is 54.0 Å². The number of rotatable bonds is 15. The Balaban J connectivity index is 2.18. The van der Waals surface area contributed by atoms with Gasteiger partial charge in [-0.1, -0.05) is 29.3 Å². The Bertz CT molecular complexity index is 1240. The van der Waals surface area contributed by atoms with Crippen molar-refractivity contribution in [2.45, 2.75) is 38.1 Å². The minimum absolute atomic E-state index is 0.0873. The quantitative estimate of drug-likeness (QED) is 0.104. The molecule has 0 saturated carbocycles. The van der Waals surface area contributed by atoms with Crippen molar-refractivity contribution >= 4 is 58.5 Å². The molecule has 0 radical (unpaired) electrons. The fraction of sp³-hybridized carbons (Fsp3) is 0.320. The van der Waals surface area contributed by atoms with Gasteiger partial charge < -0.3 is 37.7 Å². The fourth-order valence-electron chi connectivity index (χ4n) is 3.35. The van der Waals surface area contributed by atoms with E-state index in [0.29, 0.717) is 22.9 Å². The van der Waals surface area contributed by atoms with E-state index < -0.39 is 29.7 Å². The van der Waals surface area contributed by atoms with Gasteiger partial charge in [0.05, 0.1) is 18.7 Å². The van der Waals surface area contributed by atoms with Crippen LogP contribution in [0.25, 0.3) is 0 Å². The van der Waals surface area contributed by atoms with Crippen LogP contribution in [0.4, 0.5) is 5.69 Å². The highest BCUT2D eigenvalue weighted by atomic mass is 35.5. The molecule has 9 N–H and O–H groups in total. The molecule has 12 nitrogen and oxygen atoms in total. The predicted octanol–water partition coefficient (Wildman–Crippen LogP) is 2.06. The molecule has 0 aliphatic heterocycles. The van der Waals surface area contributed by atoms with Crippen LogP contribution in [0.5, 0.6) is 5.75 Å². The molecule has 0 heterocycles. The monoisotopic (exact) mass is 580 g/mol. The van der Waals surface area contributed by atoms with Gasteiger partial charge in [0.1, 0.15) is 11.8 Å². The summed E-state index contributed by atoms with van der Waals surface area (Å²) in [6.07, 6.45) is 0.390. The summed E-state index contributed by atoms with van der Waals surface area (Å²) in [5.41, 5.74) is 17.1. The molecule has 0 aliphatic carbocycles. The second-order valence-corrected chi connectivity index (χ2v) is 9.21. The first-order chi connectivity index (χ1) is 18.5. The Morgan fingerprint density at radius 2 is 1.77 bits per heavy atom. The highest BCUT2D eigenvalue weighted by Gasteiger charge is 2.20. The first kappa shape index (κ1) is 31.2. The molecule has 0 aliphatic rings. The highest BCUT2D eigenvalue weighted by Crippen LogP contribution is 2.28. The van der Waals surface area contributed by atoms with E-state index in [9.17, 15) is 19.2 Å². The Morgan fingerprint density at radius 3 is 2.41 bits per heavy atom. The number of benzene rings is 2. The Morgan fingerprint density at radius 1 is 1.03 bits per heavy atom. The summed E-state index contributed by atoms with van der Waals surface area (Å²) in [6, 6.07) is 8.32. The fourth-order valence-corrected chi connectivity index (χ4v) is 3.85. The summed E-state index contributed by atoms with van der Waals surface area (Å²) in [5, 5.41) is 14.9. The van der Waals surface area contributed by atoms with Gasteiger partial charge in [0.2, 0.25) is 11.8 Å². The number of aliphatic imine (C=N–C) groups is 1. The summed E-state index contributed by atoms with van der Waals surface area (Å²) in [7, 11) is 0. The number of nitrogens with one attached hydrogen (secondary N) is 2. The summed E-state index contributed by atoms with van der Waals surface area (Å²) < 4.78 is 5.87. The number of carbonyl (C=O) groups excluding carboxylic acids is 3. The molecule has 1 atom stereocenters. The van der Waals surface area contributed by atoms with E-state index in [-0.39, 0.29) is 55.4 Å². The third kappa shape index (κ3) is 11.1. The molecule has 210 valence electrons. The predicted molar refractivity (Wildman–Crippen MR) is 148 cm³/mol. The molecule has 39 heavy (non-hydrogen) atoms. The second kappa shape index (κ2) is 15.4. The van der Waals surface area contributed by atoms with Crippen molar-refractivity contribution in [3.8, 4) is 5.75 Å². The molecule has 3 amide bonds. The number of hydrogen-bond acceptors (Lipinski definition) is 6. The number of carboxylic acids is 1. The summed E-state index contributed by atoms with van der Waals surface area (Å²) in [6.45, 7) is 0.382. The maximum absolute atomic E-state index is 12.9. The van der Waals surface area contributed by atoms with Gasteiger partial charge in [0, 0.05) is 35.0 Å².